The van der Waals surface area contributed by atoms with Gasteiger partial charge < -0.3 is 10.2 Å². The van der Waals surface area contributed by atoms with Crippen molar-refractivity contribution in [3.8, 4) is 0 Å². The minimum atomic E-state index is -0.0693. The highest BCUT2D eigenvalue weighted by Gasteiger charge is 2.43. The molecule has 2 aliphatic heterocycles. The van der Waals surface area contributed by atoms with Crippen molar-refractivity contribution in [1.82, 2.24) is 29.7 Å². The average molecular weight is 339 g/mol. The number of likely N-dealkylation sites (tertiary alicyclic amines) is 2. The van der Waals surface area contributed by atoms with Crippen molar-refractivity contribution in [3.63, 3.8) is 0 Å². The normalized spacial score (nSPS) is 23.7. The number of fused-ring (bicyclic) bond motifs is 2. The largest absolute Gasteiger partial charge is 0.346 e. The van der Waals surface area contributed by atoms with Crippen molar-refractivity contribution in [2.24, 2.45) is 0 Å². The lowest BCUT2D eigenvalue weighted by Crippen LogP contribution is -2.47. The highest BCUT2D eigenvalue weighted by atomic mass is 16.2. The second kappa shape index (κ2) is 6.36. The number of aromatic nitrogens is 4. The van der Waals surface area contributed by atoms with Crippen LogP contribution < -0.4 is 5.32 Å². The van der Waals surface area contributed by atoms with Gasteiger partial charge in [0.25, 0.3) is 5.91 Å². The first-order chi connectivity index (χ1) is 12.1. The summed E-state index contributed by atoms with van der Waals surface area (Å²) in [5.41, 5.74) is 1.34. The standard InChI is InChI=1S/C17H21N7O/c1-11(15-8-18-3-4-19-15)22-17-20-6-12(7-21-17)16(25)24-10-13-5-14(24)9-23(13)2/h3-4,6-8,11,13-14H,5,9-10H2,1-2H3,(H,20,21,22)/t11-,13-,14-/m0/s1. The number of anilines is 1. The number of hydrogen-bond donors (Lipinski definition) is 1. The molecule has 3 atom stereocenters. The van der Waals surface area contributed by atoms with Crippen LogP contribution in [0.3, 0.4) is 0 Å². The molecule has 8 heteroatoms. The van der Waals surface area contributed by atoms with Crippen LogP contribution in [-0.4, -0.2) is 67.9 Å². The van der Waals surface area contributed by atoms with E-state index in [0.29, 0.717) is 23.6 Å². The Morgan fingerprint density at radius 1 is 1.16 bits per heavy atom. The Morgan fingerprint density at radius 2 is 1.96 bits per heavy atom. The maximum absolute atomic E-state index is 12.7. The molecule has 4 rings (SSSR count). The zero-order valence-electron chi connectivity index (χ0n) is 14.3. The zero-order valence-corrected chi connectivity index (χ0v) is 14.3. The Kier molecular flexibility index (Phi) is 4.04. The van der Waals surface area contributed by atoms with Crippen LogP contribution in [0.15, 0.2) is 31.0 Å². The van der Waals surface area contributed by atoms with Gasteiger partial charge in [0.05, 0.1) is 23.5 Å². The number of piperazine rings is 1. The molecule has 2 aliphatic rings. The Bertz CT molecular complexity index is 749. The maximum Gasteiger partial charge on any atom is 0.257 e. The number of nitrogens with one attached hydrogen (secondary N) is 1. The fourth-order valence-electron chi connectivity index (χ4n) is 3.60. The van der Waals surface area contributed by atoms with E-state index in [9.17, 15) is 4.79 Å². The summed E-state index contributed by atoms with van der Waals surface area (Å²) < 4.78 is 0. The van der Waals surface area contributed by atoms with Gasteiger partial charge in [0.2, 0.25) is 5.95 Å². The summed E-state index contributed by atoms with van der Waals surface area (Å²) in [6.07, 6.45) is 9.24. The molecular formula is C17H21N7O. The van der Waals surface area contributed by atoms with E-state index in [-0.39, 0.29) is 11.9 Å². The first kappa shape index (κ1) is 15.9. The number of carbonyl (C=O) groups is 1. The molecule has 2 aromatic rings. The molecule has 8 nitrogen and oxygen atoms in total. The first-order valence-electron chi connectivity index (χ1n) is 8.47. The van der Waals surface area contributed by atoms with Gasteiger partial charge in [-0.3, -0.25) is 19.7 Å². The van der Waals surface area contributed by atoms with Gasteiger partial charge in [-0.15, -0.1) is 0 Å². The first-order valence-corrected chi connectivity index (χ1v) is 8.47. The van der Waals surface area contributed by atoms with E-state index in [1.807, 2.05) is 11.8 Å². The van der Waals surface area contributed by atoms with Gasteiger partial charge in [0.1, 0.15) is 0 Å². The Morgan fingerprint density at radius 3 is 2.56 bits per heavy atom. The van der Waals surface area contributed by atoms with Crippen molar-refractivity contribution in [2.45, 2.75) is 31.5 Å². The Labute approximate surface area is 146 Å². The highest BCUT2D eigenvalue weighted by molar-refractivity contribution is 5.94. The highest BCUT2D eigenvalue weighted by Crippen LogP contribution is 2.30. The van der Waals surface area contributed by atoms with Crippen molar-refractivity contribution < 1.29 is 4.79 Å². The molecule has 0 unspecified atom stereocenters. The second-order valence-electron chi connectivity index (χ2n) is 6.73. The summed E-state index contributed by atoms with van der Waals surface area (Å²) in [6.45, 7) is 3.71. The predicted molar refractivity (Wildman–Crippen MR) is 92.0 cm³/mol. The molecule has 0 saturated carbocycles. The van der Waals surface area contributed by atoms with Crippen molar-refractivity contribution >= 4 is 11.9 Å². The van der Waals surface area contributed by atoms with E-state index < -0.39 is 0 Å². The van der Waals surface area contributed by atoms with Gasteiger partial charge in [0, 0.05) is 50.0 Å². The van der Waals surface area contributed by atoms with Crippen molar-refractivity contribution in [2.75, 3.05) is 25.5 Å². The fraction of sp³-hybridized carbons (Fsp3) is 0.471. The molecule has 1 amide bonds. The molecule has 0 radical (unpaired) electrons. The monoisotopic (exact) mass is 339 g/mol. The number of rotatable bonds is 4. The molecule has 130 valence electrons. The quantitative estimate of drug-likeness (QED) is 0.888. The van der Waals surface area contributed by atoms with E-state index in [1.165, 1.54) is 0 Å². The summed E-state index contributed by atoms with van der Waals surface area (Å²) in [4.78, 5) is 33.9. The van der Waals surface area contributed by atoms with Gasteiger partial charge in [-0.2, -0.15) is 0 Å². The third kappa shape index (κ3) is 3.05. The van der Waals surface area contributed by atoms with Gasteiger partial charge in [0.15, 0.2) is 0 Å². The molecular weight excluding hydrogens is 318 g/mol. The number of nitrogens with zero attached hydrogens (tertiary/aromatic N) is 6. The van der Waals surface area contributed by atoms with Crippen LogP contribution >= 0.6 is 0 Å². The number of carbonyl (C=O) groups excluding carboxylic acids is 1. The minimum absolute atomic E-state index is 0.0223. The molecule has 2 bridgehead atoms. The van der Waals surface area contributed by atoms with Crippen molar-refractivity contribution in [3.05, 3.63) is 42.2 Å². The minimum Gasteiger partial charge on any atom is -0.346 e. The second-order valence-corrected chi connectivity index (χ2v) is 6.73. The Hall–Kier alpha value is -2.61. The number of likely N-dealkylation sites (N-methyl/N-ethyl adjacent to an activating group) is 1. The van der Waals surface area contributed by atoms with Gasteiger partial charge in [-0.1, -0.05) is 0 Å². The Balaban J connectivity index is 1.41. The molecule has 2 fully saturated rings. The van der Waals surface area contributed by atoms with E-state index >= 15 is 0 Å². The van der Waals surface area contributed by atoms with E-state index in [0.717, 1.165) is 25.2 Å². The molecule has 2 saturated heterocycles. The molecule has 0 aromatic carbocycles. The summed E-state index contributed by atoms with van der Waals surface area (Å²) in [5.74, 6) is 0.492. The average Bonchev–Trinajstić information content (AvgIpc) is 3.22. The SMILES string of the molecule is C[C@H](Nc1ncc(C(=O)N2C[C@@H]3C[C@H]2CN3C)cn1)c1cnccn1. The summed E-state index contributed by atoms with van der Waals surface area (Å²) in [5, 5.41) is 3.17. The molecule has 2 aromatic heterocycles. The van der Waals surface area contributed by atoms with Gasteiger partial charge >= 0.3 is 0 Å². The summed E-state index contributed by atoms with van der Waals surface area (Å²) >= 11 is 0. The predicted octanol–water partition coefficient (Wildman–Crippen LogP) is 0.968. The summed E-state index contributed by atoms with van der Waals surface area (Å²) in [7, 11) is 2.12. The lowest BCUT2D eigenvalue weighted by Gasteiger charge is -2.31. The fourth-order valence-corrected chi connectivity index (χ4v) is 3.60. The lowest BCUT2D eigenvalue weighted by molar-refractivity contribution is 0.0649. The molecule has 4 heterocycles. The third-order valence-corrected chi connectivity index (χ3v) is 5.05. The van der Waals surface area contributed by atoms with Gasteiger partial charge in [-0.05, 0) is 20.4 Å². The molecule has 0 spiro atoms. The van der Waals surface area contributed by atoms with Crippen LogP contribution in [0.25, 0.3) is 0 Å². The van der Waals surface area contributed by atoms with Crippen LogP contribution in [-0.2, 0) is 0 Å². The topological polar surface area (TPSA) is 87.1 Å². The number of amides is 1. The molecule has 0 aliphatic carbocycles. The third-order valence-electron chi connectivity index (χ3n) is 5.05. The van der Waals surface area contributed by atoms with Crippen molar-refractivity contribution in [1.29, 1.82) is 0 Å². The lowest BCUT2D eigenvalue weighted by atomic mass is 10.2. The van der Waals surface area contributed by atoms with Crippen LogP contribution in [0.1, 0.15) is 35.4 Å². The van der Waals surface area contributed by atoms with Crippen LogP contribution in [0, 0.1) is 0 Å². The van der Waals surface area contributed by atoms with Crippen LogP contribution in [0.5, 0.6) is 0 Å². The number of hydrogen-bond acceptors (Lipinski definition) is 7. The van der Waals surface area contributed by atoms with E-state index in [4.69, 9.17) is 0 Å². The van der Waals surface area contributed by atoms with Crippen LogP contribution in [0.2, 0.25) is 0 Å². The smallest absolute Gasteiger partial charge is 0.257 e. The molecule has 1 N–H and O–H groups in total. The maximum atomic E-state index is 12.7. The van der Waals surface area contributed by atoms with E-state index in [1.54, 1.807) is 31.0 Å². The zero-order chi connectivity index (χ0) is 17.4. The van der Waals surface area contributed by atoms with E-state index in [2.05, 4.69) is 37.2 Å². The molecule has 25 heavy (non-hydrogen) atoms. The summed E-state index contributed by atoms with van der Waals surface area (Å²) in [6, 6.07) is 0.737. The van der Waals surface area contributed by atoms with Crippen LogP contribution in [0.4, 0.5) is 5.95 Å². The van der Waals surface area contributed by atoms with Gasteiger partial charge in [-0.25, -0.2) is 9.97 Å².